The SMILES string of the molecule is CCCCCCCOc1cccc(OC(=O)CC)c1OC(=O)CC. The van der Waals surface area contributed by atoms with E-state index in [4.69, 9.17) is 14.2 Å². The molecule has 0 heterocycles. The second kappa shape index (κ2) is 11.5. The summed E-state index contributed by atoms with van der Waals surface area (Å²) in [5.74, 6) is 0.0313. The van der Waals surface area contributed by atoms with Crippen molar-refractivity contribution in [2.45, 2.75) is 65.7 Å². The van der Waals surface area contributed by atoms with Crippen LogP contribution in [-0.4, -0.2) is 18.5 Å². The number of rotatable bonds is 11. The molecule has 0 radical (unpaired) electrons. The molecule has 5 heteroatoms. The van der Waals surface area contributed by atoms with E-state index in [1.807, 2.05) is 0 Å². The van der Waals surface area contributed by atoms with Crippen LogP contribution in [0.15, 0.2) is 18.2 Å². The Labute approximate surface area is 144 Å². The number of ether oxygens (including phenoxy) is 3. The molecular formula is C19H28O5. The second-order valence-electron chi connectivity index (χ2n) is 5.50. The summed E-state index contributed by atoms with van der Waals surface area (Å²) in [4.78, 5) is 23.2. The largest absolute Gasteiger partial charge is 0.490 e. The van der Waals surface area contributed by atoms with Crippen molar-refractivity contribution in [2.75, 3.05) is 6.61 Å². The number of benzene rings is 1. The van der Waals surface area contributed by atoms with Gasteiger partial charge in [0.05, 0.1) is 6.61 Å². The maximum atomic E-state index is 11.7. The number of unbranched alkanes of at least 4 members (excludes halogenated alkanes) is 4. The first-order chi connectivity index (χ1) is 11.6. The minimum atomic E-state index is -0.400. The lowest BCUT2D eigenvalue weighted by Gasteiger charge is -2.14. The molecule has 0 aliphatic rings. The van der Waals surface area contributed by atoms with Crippen LogP contribution in [0.5, 0.6) is 17.2 Å². The number of esters is 2. The monoisotopic (exact) mass is 336 g/mol. The highest BCUT2D eigenvalue weighted by molar-refractivity contribution is 5.77. The molecule has 0 aliphatic heterocycles. The average molecular weight is 336 g/mol. The third-order valence-electron chi connectivity index (χ3n) is 3.47. The third kappa shape index (κ3) is 7.02. The van der Waals surface area contributed by atoms with Gasteiger partial charge in [0.25, 0.3) is 0 Å². The third-order valence-corrected chi connectivity index (χ3v) is 3.47. The first-order valence-corrected chi connectivity index (χ1v) is 8.79. The van der Waals surface area contributed by atoms with Crippen molar-refractivity contribution < 1.29 is 23.8 Å². The standard InChI is InChI=1S/C19H28O5/c1-4-7-8-9-10-14-22-15-12-11-13-16(23-17(20)5-2)19(15)24-18(21)6-3/h11-13H,4-10,14H2,1-3H3. The highest BCUT2D eigenvalue weighted by atomic mass is 16.6. The van der Waals surface area contributed by atoms with Crippen LogP contribution in [0.3, 0.4) is 0 Å². The molecule has 0 N–H and O–H groups in total. The Morgan fingerprint density at radius 1 is 0.833 bits per heavy atom. The highest BCUT2D eigenvalue weighted by Gasteiger charge is 2.17. The summed E-state index contributed by atoms with van der Waals surface area (Å²) >= 11 is 0. The van der Waals surface area contributed by atoms with E-state index in [1.54, 1.807) is 32.0 Å². The van der Waals surface area contributed by atoms with Crippen LogP contribution >= 0.6 is 0 Å². The minimum Gasteiger partial charge on any atom is -0.490 e. The maximum Gasteiger partial charge on any atom is 0.311 e. The van der Waals surface area contributed by atoms with Crippen LogP contribution in [0.25, 0.3) is 0 Å². The van der Waals surface area contributed by atoms with Gasteiger partial charge in [-0.1, -0.05) is 52.5 Å². The van der Waals surface area contributed by atoms with E-state index < -0.39 is 5.97 Å². The van der Waals surface area contributed by atoms with Gasteiger partial charge in [-0.15, -0.1) is 0 Å². The number of hydrogen-bond donors (Lipinski definition) is 0. The first kappa shape index (κ1) is 20.0. The lowest BCUT2D eigenvalue weighted by atomic mass is 10.2. The highest BCUT2D eigenvalue weighted by Crippen LogP contribution is 2.38. The van der Waals surface area contributed by atoms with E-state index in [9.17, 15) is 9.59 Å². The van der Waals surface area contributed by atoms with Crippen molar-refractivity contribution >= 4 is 11.9 Å². The zero-order valence-corrected chi connectivity index (χ0v) is 14.9. The normalized spacial score (nSPS) is 10.3. The Balaban J connectivity index is 2.78. The summed E-state index contributed by atoms with van der Waals surface area (Å²) in [6.07, 6.45) is 6.11. The number of para-hydroxylation sites is 1. The van der Waals surface area contributed by atoms with Crippen molar-refractivity contribution in [1.29, 1.82) is 0 Å². The molecule has 0 spiro atoms. The fraction of sp³-hybridized carbons (Fsp3) is 0.579. The zero-order chi connectivity index (χ0) is 17.8. The van der Waals surface area contributed by atoms with Gasteiger partial charge < -0.3 is 14.2 Å². The number of hydrogen-bond acceptors (Lipinski definition) is 5. The van der Waals surface area contributed by atoms with Crippen LogP contribution in [0.4, 0.5) is 0 Å². The molecule has 0 atom stereocenters. The lowest BCUT2D eigenvalue weighted by molar-refractivity contribution is -0.136. The summed E-state index contributed by atoms with van der Waals surface area (Å²) < 4.78 is 16.3. The maximum absolute atomic E-state index is 11.7. The molecule has 0 amide bonds. The van der Waals surface area contributed by atoms with Crippen LogP contribution < -0.4 is 14.2 Å². The first-order valence-electron chi connectivity index (χ1n) is 8.79. The van der Waals surface area contributed by atoms with Gasteiger partial charge in [-0.3, -0.25) is 9.59 Å². The minimum absolute atomic E-state index is 0.180. The summed E-state index contributed by atoms with van der Waals surface area (Å²) in [6.45, 7) is 6.12. The van der Waals surface area contributed by atoms with Gasteiger partial charge in [-0.05, 0) is 18.6 Å². The lowest BCUT2D eigenvalue weighted by Crippen LogP contribution is -2.12. The fourth-order valence-electron chi connectivity index (χ4n) is 2.06. The molecule has 0 saturated carbocycles. The predicted octanol–water partition coefficient (Wildman–Crippen LogP) is 4.67. The molecule has 5 nitrogen and oxygen atoms in total. The summed E-state index contributed by atoms with van der Waals surface area (Å²) in [5.41, 5.74) is 0. The van der Waals surface area contributed by atoms with E-state index in [1.165, 1.54) is 19.3 Å². The van der Waals surface area contributed by atoms with E-state index >= 15 is 0 Å². The van der Waals surface area contributed by atoms with E-state index in [0.29, 0.717) is 12.4 Å². The van der Waals surface area contributed by atoms with Gasteiger partial charge in [0.15, 0.2) is 11.5 Å². The smallest absolute Gasteiger partial charge is 0.311 e. The van der Waals surface area contributed by atoms with Crippen LogP contribution in [0.2, 0.25) is 0 Å². The molecule has 0 saturated heterocycles. The van der Waals surface area contributed by atoms with Crippen molar-refractivity contribution in [3.63, 3.8) is 0 Å². The Bertz CT molecular complexity index is 524. The Hall–Kier alpha value is -2.04. The van der Waals surface area contributed by atoms with Gasteiger partial charge >= 0.3 is 11.9 Å². The van der Waals surface area contributed by atoms with Gasteiger partial charge in [-0.2, -0.15) is 0 Å². The average Bonchev–Trinajstić information content (AvgIpc) is 2.59. The predicted molar refractivity (Wildman–Crippen MR) is 92.5 cm³/mol. The van der Waals surface area contributed by atoms with Crippen LogP contribution in [0, 0.1) is 0 Å². The molecule has 0 fully saturated rings. The molecule has 1 aromatic carbocycles. The van der Waals surface area contributed by atoms with Crippen molar-refractivity contribution in [3.8, 4) is 17.2 Å². The molecule has 0 aromatic heterocycles. The van der Waals surface area contributed by atoms with Gasteiger partial charge in [0.2, 0.25) is 5.75 Å². The molecule has 134 valence electrons. The summed E-state index contributed by atoms with van der Waals surface area (Å²) in [6, 6.07) is 5.03. The topological polar surface area (TPSA) is 61.8 Å². The second-order valence-corrected chi connectivity index (χ2v) is 5.50. The van der Waals surface area contributed by atoms with E-state index in [0.717, 1.165) is 12.8 Å². The van der Waals surface area contributed by atoms with Crippen molar-refractivity contribution in [3.05, 3.63) is 18.2 Å². The molecule has 0 bridgehead atoms. The molecule has 0 aliphatic carbocycles. The van der Waals surface area contributed by atoms with E-state index in [-0.39, 0.29) is 30.3 Å². The van der Waals surface area contributed by atoms with E-state index in [2.05, 4.69) is 6.92 Å². The van der Waals surface area contributed by atoms with Gasteiger partial charge in [0.1, 0.15) is 0 Å². The van der Waals surface area contributed by atoms with Crippen molar-refractivity contribution in [2.24, 2.45) is 0 Å². The summed E-state index contributed by atoms with van der Waals surface area (Å²) in [7, 11) is 0. The Kier molecular flexibility index (Phi) is 9.58. The molecule has 1 aromatic rings. The molecule has 24 heavy (non-hydrogen) atoms. The van der Waals surface area contributed by atoms with Gasteiger partial charge in [-0.25, -0.2) is 0 Å². The Morgan fingerprint density at radius 2 is 1.46 bits per heavy atom. The Morgan fingerprint density at radius 3 is 2.12 bits per heavy atom. The quantitative estimate of drug-likeness (QED) is 0.334. The number of carbonyl (C=O) groups excluding carboxylic acids is 2. The molecule has 1 rings (SSSR count). The fourth-order valence-corrected chi connectivity index (χ4v) is 2.06. The van der Waals surface area contributed by atoms with Crippen molar-refractivity contribution in [1.82, 2.24) is 0 Å². The summed E-state index contributed by atoms with van der Waals surface area (Å²) in [5, 5.41) is 0. The van der Waals surface area contributed by atoms with Crippen LogP contribution in [0.1, 0.15) is 65.7 Å². The molecule has 0 unspecified atom stereocenters. The van der Waals surface area contributed by atoms with Crippen LogP contribution in [-0.2, 0) is 9.59 Å². The molecular weight excluding hydrogens is 308 g/mol. The van der Waals surface area contributed by atoms with Gasteiger partial charge in [0, 0.05) is 12.8 Å². The zero-order valence-electron chi connectivity index (χ0n) is 14.9. The number of carbonyl (C=O) groups is 2.